The van der Waals surface area contributed by atoms with Crippen LogP contribution in [0, 0.1) is 0 Å². The minimum atomic E-state index is -3.71. The monoisotopic (exact) mass is 315 g/mol. The summed E-state index contributed by atoms with van der Waals surface area (Å²) in [6, 6.07) is -0.408. The van der Waals surface area contributed by atoms with Gasteiger partial charge in [-0.1, -0.05) is 6.92 Å². The van der Waals surface area contributed by atoms with Crippen molar-refractivity contribution in [2.45, 2.75) is 37.8 Å². The van der Waals surface area contributed by atoms with Gasteiger partial charge in [-0.2, -0.15) is 5.10 Å². The molecule has 2 aromatic heterocycles. The number of aromatic nitrogens is 3. The van der Waals surface area contributed by atoms with Gasteiger partial charge >= 0.3 is 0 Å². The van der Waals surface area contributed by atoms with Crippen molar-refractivity contribution in [3.63, 3.8) is 0 Å². The summed E-state index contributed by atoms with van der Waals surface area (Å²) in [5, 5.41) is 6.50. The standard InChI is InChI=1S/C11H17N5O2S2/c1-3-5-16-7-9(10(12)14-16)20(17,18)15-8(2)11-13-4-6-19-11/h4,6-8,15H,3,5H2,1-2H3,(H2,12,14). The lowest BCUT2D eigenvalue weighted by molar-refractivity contribution is 0.565. The van der Waals surface area contributed by atoms with E-state index in [0.29, 0.717) is 11.6 Å². The number of aryl methyl sites for hydroxylation is 1. The Morgan fingerprint density at radius 2 is 2.30 bits per heavy atom. The van der Waals surface area contributed by atoms with Crippen LogP contribution in [0.1, 0.15) is 31.3 Å². The highest BCUT2D eigenvalue weighted by Gasteiger charge is 2.24. The first kappa shape index (κ1) is 14.9. The molecule has 0 saturated carbocycles. The Bertz CT molecular complexity index is 663. The van der Waals surface area contributed by atoms with E-state index in [1.54, 1.807) is 18.5 Å². The molecule has 0 aliphatic heterocycles. The number of rotatable bonds is 6. The lowest BCUT2D eigenvalue weighted by atomic mass is 10.4. The van der Waals surface area contributed by atoms with Gasteiger partial charge in [-0.3, -0.25) is 4.68 Å². The minimum absolute atomic E-state index is 0.00866. The predicted octanol–water partition coefficient (Wildman–Crippen LogP) is 1.37. The Morgan fingerprint density at radius 3 is 2.90 bits per heavy atom. The third-order valence-electron chi connectivity index (χ3n) is 2.65. The second kappa shape index (κ2) is 5.90. The van der Waals surface area contributed by atoms with Gasteiger partial charge in [0.15, 0.2) is 5.82 Å². The number of hydrogen-bond acceptors (Lipinski definition) is 6. The van der Waals surface area contributed by atoms with Crippen LogP contribution in [-0.4, -0.2) is 23.2 Å². The molecule has 0 aliphatic carbocycles. The van der Waals surface area contributed by atoms with Crippen LogP contribution < -0.4 is 10.5 Å². The molecule has 0 radical (unpaired) electrons. The predicted molar refractivity (Wildman–Crippen MR) is 77.8 cm³/mol. The van der Waals surface area contributed by atoms with Gasteiger partial charge in [-0.15, -0.1) is 11.3 Å². The average Bonchev–Trinajstić information content (AvgIpc) is 2.98. The molecule has 0 aliphatic rings. The third kappa shape index (κ3) is 3.17. The molecule has 2 aromatic rings. The number of nitrogens with two attached hydrogens (primary N) is 1. The maximum Gasteiger partial charge on any atom is 0.246 e. The molecule has 2 heterocycles. The highest BCUT2D eigenvalue weighted by molar-refractivity contribution is 7.89. The Balaban J connectivity index is 2.22. The van der Waals surface area contributed by atoms with E-state index in [0.717, 1.165) is 6.42 Å². The zero-order valence-electron chi connectivity index (χ0n) is 11.3. The van der Waals surface area contributed by atoms with Crippen molar-refractivity contribution in [1.82, 2.24) is 19.5 Å². The van der Waals surface area contributed by atoms with E-state index in [1.165, 1.54) is 22.2 Å². The summed E-state index contributed by atoms with van der Waals surface area (Å²) in [7, 11) is -3.71. The molecule has 0 saturated heterocycles. The van der Waals surface area contributed by atoms with Gasteiger partial charge in [0.2, 0.25) is 10.0 Å². The Kier molecular flexibility index (Phi) is 4.41. The van der Waals surface area contributed by atoms with Crippen molar-refractivity contribution >= 4 is 27.2 Å². The normalized spacial score (nSPS) is 13.5. The van der Waals surface area contributed by atoms with Gasteiger partial charge in [-0.25, -0.2) is 18.1 Å². The van der Waals surface area contributed by atoms with Crippen LogP contribution in [0.4, 0.5) is 5.82 Å². The third-order valence-corrected chi connectivity index (χ3v) is 5.17. The first-order valence-corrected chi connectivity index (χ1v) is 8.55. The largest absolute Gasteiger partial charge is 0.381 e. The molecule has 0 amide bonds. The van der Waals surface area contributed by atoms with E-state index in [2.05, 4.69) is 14.8 Å². The number of hydrogen-bond donors (Lipinski definition) is 2. The van der Waals surface area contributed by atoms with Crippen molar-refractivity contribution < 1.29 is 8.42 Å². The van der Waals surface area contributed by atoms with Gasteiger partial charge in [-0.05, 0) is 13.3 Å². The number of sulfonamides is 1. The molecular formula is C11H17N5O2S2. The van der Waals surface area contributed by atoms with Gasteiger partial charge in [0.25, 0.3) is 0 Å². The summed E-state index contributed by atoms with van der Waals surface area (Å²) < 4.78 is 28.7. The molecule has 1 atom stereocenters. The van der Waals surface area contributed by atoms with Crippen molar-refractivity contribution in [3.8, 4) is 0 Å². The lowest BCUT2D eigenvalue weighted by Crippen LogP contribution is -2.27. The first-order chi connectivity index (χ1) is 9.44. The number of anilines is 1. The molecule has 0 aromatic carbocycles. The summed E-state index contributed by atoms with van der Waals surface area (Å²) in [4.78, 5) is 4.10. The van der Waals surface area contributed by atoms with Crippen LogP contribution in [-0.2, 0) is 16.6 Å². The second-order valence-corrected chi connectivity index (χ2v) is 6.96. The van der Waals surface area contributed by atoms with Gasteiger partial charge in [0.1, 0.15) is 9.90 Å². The number of nitrogens with zero attached hydrogens (tertiary/aromatic N) is 3. The van der Waals surface area contributed by atoms with Crippen LogP contribution in [0.3, 0.4) is 0 Å². The van der Waals surface area contributed by atoms with Crippen LogP contribution in [0.5, 0.6) is 0 Å². The Labute approximate surface area is 121 Å². The molecule has 0 bridgehead atoms. The van der Waals surface area contributed by atoms with E-state index >= 15 is 0 Å². The fourth-order valence-corrected chi connectivity index (χ4v) is 3.76. The molecule has 1 unspecified atom stereocenters. The molecule has 9 heteroatoms. The number of thiazole rings is 1. The maximum absolute atomic E-state index is 12.3. The zero-order chi connectivity index (χ0) is 14.8. The fraction of sp³-hybridized carbons (Fsp3) is 0.455. The molecular weight excluding hydrogens is 298 g/mol. The first-order valence-electron chi connectivity index (χ1n) is 6.18. The number of nitrogens with one attached hydrogen (secondary N) is 1. The van der Waals surface area contributed by atoms with E-state index in [9.17, 15) is 8.42 Å². The highest BCUT2D eigenvalue weighted by atomic mass is 32.2. The van der Waals surface area contributed by atoms with E-state index in [1.807, 2.05) is 6.92 Å². The molecule has 2 rings (SSSR count). The summed E-state index contributed by atoms with van der Waals surface area (Å²) in [5.74, 6) is 0.0114. The zero-order valence-corrected chi connectivity index (χ0v) is 12.9. The average molecular weight is 315 g/mol. The molecule has 0 fully saturated rings. The van der Waals surface area contributed by atoms with Crippen LogP contribution >= 0.6 is 11.3 Å². The van der Waals surface area contributed by atoms with Crippen molar-refractivity contribution in [3.05, 3.63) is 22.8 Å². The van der Waals surface area contributed by atoms with Crippen molar-refractivity contribution in [2.75, 3.05) is 5.73 Å². The molecule has 7 nitrogen and oxygen atoms in total. The quantitative estimate of drug-likeness (QED) is 0.838. The Morgan fingerprint density at radius 1 is 1.55 bits per heavy atom. The summed E-state index contributed by atoms with van der Waals surface area (Å²) in [5.41, 5.74) is 5.69. The molecule has 110 valence electrons. The SMILES string of the molecule is CCCn1cc(S(=O)(=O)NC(C)c2nccs2)c(N)n1. The van der Waals surface area contributed by atoms with E-state index in [4.69, 9.17) is 5.73 Å². The van der Waals surface area contributed by atoms with Crippen LogP contribution in [0.25, 0.3) is 0 Å². The van der Waals surface area contributed by atoms with E-state index < -0.39 is 16.1 Å². The minimum Gasteiger partial charge on any atom is -0.381 e. The number of nitrogen functional groups attached to an aromatic ring is 1. The molecule has 3 N–H and O–H groups in total. The fourth-order valence-electron chi connectivity index (χ4n) is 1.76. The van der Waals surface area contributed by atoms with Crippen molar-refractivity contribution in [1.29, 1.82) is 0 Å². The van der Waals surface area contributed by atoms with E-state index in [-0.39, 0.29) is 10.7 Å². The maximum atomic E-state index is 12.3. The Hall–Kier alpha value is -1.45. The van der Waals surface area contributed by atoms with Crippen LogP contribution in [0.15, 0.2) is 22.7 Å². The van der Waals surface area contributed by atoms with Gasteiger partial charge in [0, 0.05) is 24.3 Å². The van der Waals surface area contributed by atoms with Gasteiger partial charge < -0.3 is 5.73 Å². The summed E-state index contributed by atoms with van der Waals surface area (Å²) >= 11 is 1.39. The summed E-state index contributed by atoms with van der Waals surface area (Å²) in [6.45, 7) is 4.35. The van der Waals surface area contributed by atoms with Crippen molar-refractivity contribution in [2.24, 2.45) is 0 Å². The van der Waals surface area contributed by atoms with Crippen LogP contribution in [0.2, 0.25) is 0 Å². The topological polar surface area (TPSA) is 103 Å². The second-order valence-electron chi connectivity index (χ2n) is 4.35. The lowest BCUT2D eigenvalue weighted by Gasteiger charge is -2.10. The summed E-state index contributed by atoms with van der Waals surface area (Å²) in [6.07, 6.45) is 3.94. The molecule has 0 spiro atoms. The smallest absolute Gasteiger partial charge is 0.246 e. The molecule has 20 heavy (non-hydrogen) atoms. The highest BCUT2D eigenvalue weighted by Crippen LogP contribution is 2.21. The van der Waals surface area contributed by atoms with Gasteiger partial charge in [0.05, 0.1) is 6.04 Å².